The quantitative estimate of drug-likeness (QED) is 0.826. The summed E-state index contributed by atoms with van der Waals surface area (Å²) in [4.78, 5) is 12.3. The van der Waals surface area contributed by atoms with Crippen LogP contribution in [0.1, 0.15) is 57.4 Å². The van der Waals surface area contributed by atoms with Gasteiger partial charge in [0.25, 0.3) is 0 Å². The second-order valence-corrected chi connectivity index (χ2v) is 6.48. The summed E-state index contributed by atoms with van der Waals surface area (Å²) in [7, 11) is 0. The maximum absolute atomic E-state index is 12.3. The third-order valence-corrected chi connectivity index (χ3v) is 4.55. The molecule has 3 nitrogen and oxygen atoms in total. The van der Waals surface area contributed by atoms with Crippen LogP contribution in [-0.4, -0.2) is 12.5 Å². The molecule has 0 aliphatic heterocycles. The van der Waals surface area contributed by atoms with Crippen LogP contribution in [0.25, 0.3) is 0 Å². The van der Waals surface area contributed by atoms with E-state index in [-0.39, 0.29) is 17.2 Å². The SMILES string of the molecule is CC(C(=O)NCC1(C)CCCCC1)c1cccc(N)c1. The molecule has 3 N–H and O–H groups in total. The molecule has 0 spiro atoms. The summed E-state index contributed by atoms with van der Waals surface area (Å²) in [6.07, 6.45) is 6.36. The predicted molar refractivity (Wildman–Crippen MR) is 83.5 cm³/mol. The zero-order valence-corrected chi connectivity index (χ0v) is 12.6. The van der Waals surface area contributed by atoms with E-state index in [0.29, 0.717) is 5.69 Å². The van der Waals surface area contributed by atoms with E-state index in [9.17, 15) is 4.79 Å². The van der Waals surface area contributed by atoms with E-state index in [2.05, 4.69) is 12.2 Å². The number of hydrogen-bond donors (Lipinski definition) is 2. The summed E-state index contributed by atoms with van der Waals surface area (Å²) in [6.45, 7) is 5.02. The summed E-state index contributed by atoms with van der Waals surface area (Å²) in [5, 5.41) is 3.13. The molecule has 1 fully saturated rings. The van der Waals surface area contributed by atoms with E-state index >= 15 is 0 Å². The number of nitrogens with two attached hydrogens (primary N) is 1. The van der Waals surface area contributed by atoms with Gasteiger partial charge in [-0.05, 0) is 42.9 Å². The van der Waals surface area contributed by atoms with Crippen LogP contribution in [0.5, 0.6) is 0 Å². The van der Waals surface area contributed by atoms with Crippen LogP contribution in [0.4, 0.5) is 5.69 Å². The summed E-state index contributed by atoms with van der Waals surface area (Å²) < 4.78 is 0. The van der Waals surface area contributed by atoms with Crippen molar-refractivity contribution in [2.75, 3.05) is 12.3 Å². The monoisotopic (exact) mass is 274 g/mol. The highest BCUT2D eigenvalue weighted by Crippen LogP contribution is 2.35. The summed E-state index contributed by atoms with van der Waals surface area (Å²) >= 11 is 0. The number of hydrogen-bond acceptors (Lipinski definition) is 2. The molecule has 2 rings (SSSR count). The molecule has 1 aliphatic rings. The third-order valence-electron chi connectivity index (χ3n) is 4.55. The molecule has 1 aromatic rings. The van der Waals surface area contributed by atoms with Crippen molar-refractivity contribution in [2.24, 2.45) is 5.41 Å². The maximum Gasteiger partial charge on any atom is 0.227 e. The molecule has 1 unspecified atom stereocenters. The lowest BCUT2D eigenvalue weighted by molar-refractivity contribution is -0.122. The van der Waals surface area contributed by atoms with Gasteiger partial charge in [0.15, 0.2) is 0 Å². The number of amides is 1. The molecule has 1 aromatic carbocycles. The van der Waals surface area contributed by atoms with E-state index in [0.717, 1.165) is 12.1 Å². The first kappa shape index (κ1) is 14.9. The average Bonchev–Trinajstić information content (AvgIpc) is 2.45. The van der Waals surface area contributed by atoms with Crippen molar-refractivity contribution in [3.8, 4) is 0 Å². The van der Waals surface area contributed by atoms with Crippen LogP contribution >= 0.6 is 0 Å². The van der Waals surface area contributed by atoms with E-state index in [4.69, 9.17) is 5.73 Å². The maximum atomic E-state index is 12.3. The summed E-state index contributed by atoms with van der Waals surface area (Å²) in [6, 6.07) is 7.59. The highest BCUT2D eigenvalue weighted by atomic mass is 16.1. The zero-order chi connectivity index (χ0) is 14.6. The molecule has 0 radical (unpaired) electrons. The minimum absolute atomic E-state index is 0.0994. The molecule has 3 heteroatoms. The number of nitrogens with one attached hydrogen (secondary N) is 1. The van der Waals surface area contributed by atoms with Crippen LogP contribution < -0.4 is 11.1 Å². The van der Waals surface area contributed by atoms with Crippen LogP contribution in [0.15, 0.2) is 24.3 Å². The first-order valence-corrected chi connectivity index (χ1v) is 7.63. The Morgan fingerprint density at radius 1 is 1.35 bits per heavy atom. The van der Waals surface area contributed by atoms with E-state index in [1.807, 2.05) is 31.2 Å². The molecule has 0 heterocycles. The summed E-state index contributed by atoms with van der Waals surface area (Å²) in [5.41, 5.74) is 7.75. The zero-order valence-electron chi connectivity index (χ0n) is 12.6. The normalized spacial score (nSPS) is 19.3. The Labute approximate surface area is 121 Å². The Bertz CT molecular complexity index is 464. The Morgan fingerprint density at radius 2 is 2.05 bits per heavy atom. The first-order valence-electron chi connectivity index (χ1n) is 7.63. The number of carbonyl (C=O) groups is 1. The lowest BCUT2D eigenvalue weighted by atomic mass is 9.75. The van der Waals surface area contributed by atoms with Gasteiger partial charge >= 0.3 is 0 Å². The predicted octanol–water partition coefficient (Wildman–Crippen LogP) is 3.46. The molecular formula is C17H26N2O. The van der Waals surface area contributed by atoms with Gasteiger partial charge in [-0.25, -0.2) is 0 Å². The fourth-order valence-electron chi connectivity index (χ4n) is 3.02. The minimum atomic E-state index is -0.148. The highest BCUT2D eigenvalue weighted by Gasteiger charge is 2.28. The summed E-state index contributed by atoms with van der Waals surface area (Å²) in [5.74, 6) is -0.0481. The molecule has 1 atom stereocenters. The molecule has 1 aliphatic carbocycles. The van der Waals surface area contributed by atoms with Gasteiger partial charge in [-0.2, -0.15) is 0 Å². The van der Waals surface area contributed by atoms with Crippen molar-refractivity contribution in [3.05, 3.63) is 29.8 Å². The van der Waals surface area contributed by atoms with Crippen LogP contribution in [0, 0.1) is 5.41 Å². The fourth-order valence-corrected chi connectivity index (χ4v) is 3.02. The number of carbonyl (C=O) groups excluding carboxylic acids is 1. The van der Waals surface area contributed by atoms with Crippen molar-refractivity contribution in [1.29, 1.82) is 0 Å². The fraction of sp³-hybridized carbons (Fsp3) is 0.588. The first-order chi connectivity index (χ1) is 9.50. The van der Waals surface area contributed by atoms with Gasteiger partial charge in [0.05, 0.1) is 5.92 Å². The van der Waals surface area contributed by atoms with Gasteiger partial charge in [-0.3, -0.25) is 4.79 Å². The smallest absolute Gasteiger partial charge is 0.227 e. The van der Waals surface area contributed by atoms with E-state index < -0.39 is 0 Å². The van der Waals surface area contributed by atoms with E-state index in [1.54, 1.807) is 0 Å². The lowest BCUT2D eigenvalue weighted by Crippen LogP contribution is -2.38. The van der Waals surface area contributed by atoms with Crippen LogP contribution in [0.3, 0.4) is 0 Å². The van der Waals surface area contributed by atoms with Crippen LogP contribution in [-0.2, 0) is 4.79 Å². The van der Waals surface area contributed by atoms with Gasteiger partial charge in [-0.15, -0.1) is 0 Å². The molecule has 0 aromatic heterocycles. The molecule has 1 saturated carbocycles. The Kier molecular flexibility index (Phi) is 4.69. The standard InChI is InChI=1S/C17H26N2O/c1-13(14-7-6-8-15(18)11-14)16(20)19-12-17(2)9-4-3-5-10-17/h6-8,11,13H,3-5,9-10,12,18H2,1-2H3,(H,19,20). The lowest BCUT2D eigenvalue weighted by Gasteiger charge is -2.34. The topological polar surface area (TPSA) is 55.1 Å². The number of benzene rings is 1. The van der Waals surface area contributed by atoms with Crippen molar-refractivity contribution in [1.82, 2.24) is 5.32 Å². The number of nitrogen functional groups attached to an aromatic ring is 1. The molecular weight excluding hydrogens is 248 g/mol. The van der Waals surface area contributed by atoms with Crippen molar-refractivity contribution in [3.63, 3.8) is 0 Å². The van der Waals surface area contributed by atoms with Gasteiger partial charge in [0.1, 0.15) is 0 Å². The number of rotatable bonds is 4. The van der Waals surface area contributed by atoms with Crippen molar-refractivity contribution in [2.45, 2.75) is 51.9 Å². The van der Waals surface area contributed by atoms with Crippen LogP contribution in [0.2, 0.25) is 0 Å². The Morgan fingerprint density at radius 3 is 2.70 bits per heavy atom. The third kappa shape index (κ3) is 3.75. The van der Waals surface area contributed by atoms with Crippen molar-refractivity contribution < 1.29 is 4.79 Å². The Balaban J connectivity index is 1.91. The average molecular weight is 274 g/mol. The highest BCUT2D eigenvalue weighted by molar-refractivity contribution is 5.83. The largest absolute Gasteiger partial charge is 0.399 e. The number of anilines is 1. The second kappa shape index (κ2) is 6.29. The molecule has 0 bridgehead atoms. The minimum Gasteiger partial charge on any atom is -0.399 e. The Hall–Kier alpha value is -1.51. The molecule has 110 valence electrons. The van der Waals surface area contributed by atoms with Crippen molar-refractivity contribution >= 4 is 11.6 Å². The van der Waals surface area contributed by atoms with Gasteiger partial charge in [-0.1, -0.05) is 38.3 Å². The van der Waals surface area contributed by atoms with Gasteiger partial charge in [0.2, 0.25) is 5.91 Å². The van der Waals surface area contributed by atoms with E-state index in [1.165, 1.54) is 32.1 Å². The molecule has 1 amide bonds. The molecule has 20 heavy (non-hydrogen) atoms. The van der Waals surface area contributed by atoms with Gasteiger partial charge < -0.3 is 11.1 Å². The molecule has 0 saturated heterocycles. The van der Waals surface area contributed by atoms with Gasteiger partial charge in [0, 0.05) is 12.2 Å². The second-order valence-electron chi connectivity index (χ2n) is 6.48.